The summed E-state index contributed by atoms with van der Waals surface area (Å²) in [4.78, 5) is 21.7. The number of carboxylic acids is 1. The molecular weight excluding hydrogens is 236 g/mol. The van der Waals surface area contributed by atoms with Crippen LogP contribution >= 0.6 is 0 Å². The maximum Gasteiger partial charge on any atom is 0.314 e. The van der Waals surface area contributed by atoms with Gasteiger partial charge in [-0.1, -0.05) is 0 Å². The Morgan fingerprint density at radius 2 is 2.06 bits per heavy atom. The molecule has 1 fully saturated rings. The molecular formula is C12H22N2O4. The van der Waals surface area contributed by atoms with Crippen molar-refractivity contribution in [2.24, 2.45) is 5.92 Å². The molecule has 18 heavy (non-hydrogen) atoms. The molecule has 1 rings (SSSR count). The molecule has 6 nitrogen and oxygen atoms in total. The fourth-order valence-corrected chi connectivity index (χ4v) is 1.84. The highest BCUT2D eigenvalue weighted by molar-refractivity contribution is 5.74. The number of rotatable bonds is 8. The van der Waals surface area contributed by atoms with Crippen LogP contribution in [0.15, 0.2) is 0 Å². The van der Waals surface area contributed by atoms with Crippen LogP contribution < -0.4 is 10.6 Å². The van der Waals surface area contributed by atoms with E-state index < -0.39 is 5.97 Å². The number of urea groups is 1. The first kappa shape index (κ1) is 14.8. The topological polar surface area (TPSA) is 87.7 Å². The Balaban J connectivity index is 2.14. The highest BCUT2D eigenvalue weighted by Gasteiger charge is 2.41. The summed E-state index contributed by atoms with van der Waals surface area (Å²) >= 11 is 0. The van der Waals surface area contributed by atoms with Crippen LogP contribution in [-0.4, -0.2) is 42.9 Å². The first-order valence-corrected chi connectivity index (χ1v) is 6.26. The fraction of sp³-hybridized carbons (Fsp3) is 0.833. The minimum Gasteiger partial charge on any atom is -0.481 e. The van der Waals surface area contributed by atoms with Gasteiger partial charge in [-0.3, -0.25) is 4.79 Å². The predicted molar refractivity (Wildman–Crippen MR) is 66.4 cm³/mol. The van der Waals surface area contributed by atoms with Crippen molar-refractivity contribution in [1.82, 2.24) is 10.6 Å². The number of nitrogens with one attached hydrogen (secondary N) is 2. The van der Waals surface area contributed by atoms with Crippen LogP contribution in [0.4, 0.5) is 4.79 Å². The van der Waals surface area contributed by atoms with Crippen molar-refractivity contribution >= 4 is 12.0 Å². The summed E-state index contributed by atoms with van der Waals surface area (Å²) in [6.45, 7) is 2.83. The van der Waals surface area contributed by atoms with Crippen molar-refractivity contribution in [1.29, 1.82) is 0 Å². The number of methoxy groups -OCH3 is 1. The third-order valence-corrected chi connectivity index (χ3v) is 3.36. The first-order chi connectivity index (χ1) is 8.48. The second kappa shape index (κ2) is 6.58. The number of aliphatic carboxylic acids is 1. The molecule has 0 spiro atoms. The second-order valence-corrected chi connectivity index (χ2v) is 4.90. The molecule has 3 N–H and O–H groups in total. The largest absolute Gasteiger partial charge is 0.481 e. The standard InChI is InChI=1S/C12H22N2O4/c1-12(18-2,9-5-6-9)8-14-11(17)13-7-3-4-10(15)16/h9H,3-8H2,1-2H3,(H,15,16)(H2,13,14,17). The van der Waals surface area contributed by atoms with Crippen LogP contribution in [0.5, 0.6) is 0 Å². The number of ether oxygens (including phenoxy) is 1. The molecule has 2 amide bonds. The first-order valence-electron chi connectivity index (χ1n) is 6.26. The summed E-state index contributed by atoms with van der Waals surface area (Å²) in [6.07, 6.45) is 2.80. The maximum atomic E-state index is 11.5. The van der Waals surface area contributed by atoms with Gasteiger partial charge in [0, 0.05) is 26.6 Å². The van der Waals surface area contributed by atoms with E-state index in [1.807, 2.05) is 6.92 Å². The molecule has 6 heteroatoms. The van der Waals surface area contributed by atoms with E-state index in [0.717, 1.165) is 12.8 Å². The minimum absolute atomic E-state index is 0.0676. The normalized spacial score (nSPS) is 17.9. The van der Waals surface area contributed by atoms with Gasteiger partial charge in [-0.15, -0.1) is 0 Å². The lowest BCUT2D eigenvalue weighted by atomic mass is 10.0. The molecule has 1 aliphatic carbocycles. The second-order valence-electron chi connectivity index (χ2n) is 4.90. The molecule has 1 aliphatic rings. The number of hydrogen-bond acceptors (Lipinski definition) is 3. The van der Waals surface area contributed by atoms with Gasteiger partial charge >= 0.3 is 12.0 Å². The highest BCUT2D eigenvalue weighted by Crippen LogP contribution is 2.41. The average molecular weight is 258 g/mol. The number of carbonyl (C=O) groups is 2. The fourth-order valence-electron chi connectivity index (χ4n) is 1.84. The summed E-state index contributed by atoms with van der Waals surface area (Å²) in [5.74, 6) is -0.326. The quantitative estimate of drug-likeness (QED) is 0.566. The van der Waals surface area contributed by atoms with E-state index in [4.69, 9.17) is 9.84 Å². The van der Waals surface area contributed by atoms with E-state index >= 15 is 0 Å². The molecule has 0 heterocycles. The summed E-state index contributed by atoms with van der Waals surface area (Å²) in [6, 6.07) is -0.274. The molecule has 0 aliphatic heterocycles. The van der Waals surface area contributed by atoms with Crippen LogP contribution in [0.2, 0.25) is 0 Å². The Labute approximate surface area is 107 Å². The Kier molecular flexibility index (Phi) is 5.40. The van der Waals surface area contributed by atoms with E-state index in [2.05, 4.69) is 10.6 Å². The predicted octanol–water partition coefficient (Wildman–Crippen LogP) is 0.965. The number of carbonyl (C=O) groups excluding carboxylic acids is 1. The van der Waals surface area contributed by atoms with Crippen molar-refractivity contribution in [2.45, 2.75) is 38.2 Å². The van der Waals surface area contributed by atoms with E-state index in [-0.39, 0.29) is 18.1 Å². The molecule has 0 aromatic rings. The van der Waals surface area contributed by atoms with Gasteiger partial charge in [0.2, 0.25) is 0 Å². The molecule has 0 bridgehead atoms. The number of carboxylic acid groups (broad SMARTS) is 1. The zero-order valence-corrected chi connectivity index (χ0v) is 11.0. The van der Waals surface area contributed by atoms with Crippen molar-refractivity contribution in [3.8, 4) is 0 Å². The summed E-state index contributed by atoms with van der Waals surface area (Å²) < 4.78 is 5.45. The summed E-state index contributed by atoms with van der Waals surface area (Å²) in [5, 5.41) is 13.8. The van der Waals surface area contributed by atoms with Crippen LogP contribution in [-0.2, 0) is 9.53 Å². The molecule has 0 aromatic heterocycles. The van der Waals surface area contributed by atoms with Gasteiger partial charge in [0.25, 0.3) is 0 Å². The van der Waals surface area contributed by atoms with E-state index in [9.17, 15) is 9.59 Å². The van der Waals surface area contributed by atoms with Crippen molar-refractivity contribution < 1.29 is 19.4 Å². The zero-order valence-electron chi connectivity index (χ0n) is 11.0. The summed E-state index contributed by atoms with van der Waals surface area (Å²) in [7, 11) is 1.66. The van der Waals surface area contributed by atoms with Gasteiger partial charge < -0.3 is 20.5 Å². The Bertz CT molecular complexity index is 304. The van der Waals surface area contributed by atoms with Crippen molar-refractivity contribution in [2.75, 3.05) is 20.2 Å². The van der Waals surface area contributed by atoms with Gasteiger partial charge in [0.05, 0.1) is 5.60 Å². The molecule has 1 unspecified atom stereocenters. The summed E-state index contributed by atoms with van der Waals surface area (Å²) in [5.41, 5.74) is -0.293. The third-order valence-electron chi connectivity index (χ3n) is 3.36. The van der Waals surface area contributed by atoms with E-state index in [1.54, 1.807) is 7.11 Å². The smallest absolute Gasteiger partial charge is 0.314 e. The number of amides is 2. The lowest BCUT2D eigenvalue weighted by Gasteiger charge is -2.28. The Morgan fingerprint density at radius 1 is 1.39 bits per heavy atom. The van der Waals surface area contributed by atoms with Crippen LogP contribution in [0.3, 0.4) is 0 Å². The third kappa shape index (κ3) is 4.91. The molecule has 1 atom stereocenters. The van der Waals surface area contributed by atoms with Crippen LogP contribution in [0, 0.1) is 5.92 Å². The molecule has 1 saturated carbocycles. The lowest BCUT2D eigenvalue weighted by Crippen LogP contribution is -2.47. The minimum atomic E-state index is -0.849. The van der Waals surface area contributed by atoms with Crippen molar-refractivity contribution in [3.05, 3.63) is 0 Å². The van der Waals surface area contributed by atoms with E-state index in [1.165, 1.54) is 0 Å². The van der Waals surface area contributed by atoms with Gasteiger partial charge in [-0.05, 0) is 32.1 Å². The van der Waals surface area contributed by atoms with Crippen LogP contribution in [0.25, 0.3) is 0 Å². The van der Waals surface area contributed by atoms with E-state index in [0.29, 0.717) is 25.4 Å². The Morgan fingerprint density at radius 3 is 2.56 bits per heavy atom. The zero-order chi connectivity index (χ0) is 13.6. The van der Waals surface area contributed by atoms with Crippen molar-refractivity contribution in [3.63, 3.8) is 0 Å². The molecule has 0 saturated heterocycles. The molecule has 104 valence electrons. The monoisotopic (exact) mass is 258 g/mol. The molecule has 0 aromatic carbocycles. The average Bonchev–Trinajstić information content (AvgIpc) is 3.16. The van der Waals surface area contributed by atoms with Crippen LogP contribution in [0.1, 0.15) is 32.6 Å². The number of hydrogen-bond donors (Lipinski definition) is 3. The Hall–Kier alpha value is -1.30. The van der Waals surface area contributed by atoms with Gasteiger partial charge in [0.1, 0.15) is 0 Å². The maximum absolute atomic E-state index is 11.5. The van der Waals surface area contributed by atoms with Gasteiger partial charge in [0.15, 0.2) is 0 Å². The SMILES string of the molecule is COC(C)(CNC(=O)NCCCC(=O)O)C1CC1. The van der Waals surface area contributed by atoms with Gasteiger partial charge in [-0.2, -0.15) is 0 Å². The highest BCUT2D eigenvalue weighted by atomic mass is 16.5. The molecule has 0 radical (unpaired) electrons. The van der Waals surface area contributed by atoms with Gasteiger partial charge in [-0.25, -0.2) is 4.79 Å². The lowest BCUT2D eigenvalue weighted by molar-refractivity contribution is -0.137.